The van der Waals surface area contributed by atoms with Crippen LogP contribution in [0.15, 0.2) is 91.0 Å². The molecule has 0 spiro atoms. The van der Waals surface area contributed by atoms with Crippen LogP contribution in [-0.4, -0.2) is 38.2 Å². The Morgan fingerprint density at radius 3 is 1.47 bits per heavy atom. The van der Waals surface area contributed by atoms with Gasteiger partial charge in [0.1, 0.15) is 6.10 Å². The summed E-state index contributed by atoms with van der Waals surface area (Å²) in [7, 11) is 0. The molecule has 3 atom stereocenters. The van der Waals surface area contributed by atoms with E-state index < -0.39 is 18.4 Å². The summed E-state index contributed by atoms with van der Waals surface area (Å²) in [5, 5.41) is 0. The van der Waals surface area contributed by atoms with Crippen molar-refractivity contribution in [3.63, 3.8) is 0 Å². The smallest absolute Gasteiger partial charge is 0.313 e. The van der Waals surface area contributed by atoms with Gasteiger partial charge in [-0.25, -0.2) is 0 Å². The van der Waals surface area contributed by atoms with Crippen molar-refractivity contribution < 1.29 is 28.4 Å². The lowest BCUT2D eigenvalue weighted by molar-refractivity contribution is -0.479. The zero-order valence-electron chi connectivity index (χ0n) is 31.7. The van der Waals surface area contributed by atoms with Gasteiger partial charge in [0.2, 0.25) is 0 Å². The van der Waals surface area contributed by atoms with Crippen molar-refractivity contribution in [2.45, 2.75) is 148 Å². The van der Waals surface area contributed by atoms with E-state index in [2.05, 4.69) is 26.0 Å². The molecule has 0 amide bonds. The summed E-state index contributed by atoms with van der Waals surface area (Å²) < 4.78 is 38.8. The van der Waals surface area contributed by atoms with E-state index in [0.717, 1.165) is 29.7 Å². The zero-order valence-corrected chi connectivity index (χ0v) is 31.7. The van der Waals surface area contributed by atoms with Crippen molar-refractivity contribution in [1.82, 2.24) is 0 Å². The maximum atomic E-state index is 6.72. The predicted octanol–water partition coefficient (Wildman–Crippen LogP) is 11.6. The minimum atomic E-state index is -1.47. The summed E-state index contributed by atoms with van der Waals surface area (Å²) in [4.78, 5) is 0. The molecule has 51 heavy (non-hydrogen) atoms. The van der Waals surface area contributed by atoms with Crippen LogP contribution in [0.25, 0.3) is 0 Å². The lowest BCUT2D eigenvalue weighted by atomic mass is 9.97. The average Bonchev–Trinajstić information content (AvgIpc) is 3.17. The molecule has 3 aromatic carbocycles. The standard InChI is InChI=1S/C45H66O6/c1-3-4-5-6-7-8-9-10-11-12-13-14-15-25-32-46-33-34-47-44-39(2)35-43(48-36-40-26-19-16-20-27-40)45(51-44,49-37-41-28-21-17-22-29-41)50-38-42-30-23-18-24-31-42/h16-24,26-31,39,43-44H,3-15,25,32-38H2,1-2H3. The first-order valence-corrected chi connectivity index (χ1v) is 20.1. The monoisotopic (exact) mass is 702 g/mol. The molecule has 1 aliphatic rings. The third-order valence-corrected chi connectivity index (χ3v) is 9.74. The molecule has 6 nitrogen and oxygen atoms in total. The van der Waals surface area contributed by atoms with E-state index in [-0.39, 0.29) is 5.92 Å². The van der Waals surface area contributed by atoms with E-state index in [0.29, 0.717) is 39.5 Å². The second-order valence-electron chi connectivity index (χ2n) is 14.2. The number of hydrogen-bond donors (Lipinski definition) is 0. The van der Waals surface area contributed by atoms with Gasteiger partial charge < -0.3 is 23.7 Å². The zero-order chi connectivity index (χ0) is 35.7. The number of unbranched alkanes of at least 4 members (excludes halogenated alkanes) is 13. The van der Waals surface area contributed by atoms with Gasteiger partial charge in [0.15, 0.2) is 6.29 Å². The van der Waals surface area contributed by atoms with Gasteiger partial charge in [0.05, 0.1) is 33.0 Å². The van der Waals surface area contributed by atoms with Crippen LogP contribution in [-0.2, 0) is 48.2 Å². The summed E-state index contributed by atoms with van der Waals surface area (Å²) in [6.07, 6.45) is 18.6. The molecular weight excluding hydrogens is 636 g/mol. The van der Waals surface area contributed by atoms with Crippen molar-refractivity contribution >= 4 is 0 Å². The molecule has 4 rings (SSSR count). The quantitative estimate of drug-likeness (QED) is 0.0554. The molecule has 1 aliphatic heterocycles. The van der Waals surface area contributed by atoms with Gasteiger partial charge in [-0.15, -0.1) is 0 Å². The van der Waals surface area contributed by atoms with Crippen molar-refractivity contribution in [1.29, 1.82) is 0 Å². The highest BCUT2D eigenvalue weighted by molar-refractivity contribution is 5.15. The lowest BCUT2D eigenvalue weighted by Crippen LogP contribution is -2.58. The predicted molar refractivity (Wildman–Crippen MR) is 206 cm³/mol. The Kier molecular flexibility index (Phi) is 20.5. The van der Waals surface area contributed by atoms with E-state index >= 15 is 0 Å². The Morgan fingerprint density at radius 1 is 0.529 bits per heavy atom. The van der Waals surface area contributed by atoms with Crippen LogP contribution in [0.5, 0.6) is 0 Å². The molecule has 3 aromatic rings. The third-order valence-electron chi connectivity index (χ3n) is 9.74. The summed E-state index contributed by atoms with van der Waals surface area (Å²) in [6, 6.07) is 30.4. The van der Waals surface area contributed by atoms with Crippen LogP contribution < -0.4 is 0 Å². The first kappa shape index (κ1) is 41.2. The molecule has 0 aliphatic carbocycles. The maximum Gasteiger partial charge on any atom is 0.313 e. The molecular formula is C45H66O6. The highest BCUT2D eigenvalue weighted by Crippen LogP contribution is 2.39. The number of hydrogen-bond acceptors (Lipinski definition) is 6. The number of rotatable bonds is 28. The van der Waals surface area contributed by atoms with Gasteiger partial charge in [-0.05, 0) is 29.5 Å². The Hall–Kier alpha value is -2.58. The molecule has 282 valence electrons. The van der Waals surface area contributed by atoms with Crippen molar-refractivity contribution in [2.75, 3.05) is 19.8 Å². The van der Waals surface area contributed by atoms with Crippen LogP contribution in [0.1, 0.15) is 127 Å². The maximum absolute atomic E-state index is 6.72. The molecule has 1 heterocycles. The van der Waals surface area contributed by atoms with Crippen LogP contribution in [0.2, 0.25) is 0 Å². The molecule has 0 N–H and O–H groups in total. The topological polar surface area (TPSA) is 55.4 Å². The SMILES string of the molecule is CCCCCCCCCCCCCCCCOCCOC1OC(OCc2ccccc2)(OCc2ccccc2)C(OCc2ccccc2)CC1C. The minimum absolute atomic E-state index is 0.0605. The second-order valence-corrected chi connectivity index (χ2v) is 14.2. The largest absolute Gasteiger partial charge is 0.379 e. The average molecular weight is 703 g/mol. The van der Waals surface area contributed by atoms with Gasteiger partial charge in [-0.2, -0.15) is 0 Å². The molecule has 0 aromatic heterocycles. The number of ether oxygens (including phenoxy) is 6. The second kappa shape index (κ2) is 25.4. The van der Waals surface area contributed by atoms with E-state index in [1.165, 1.54) is 83.5 Å². The Morgan fingerprint density at radius 2 is 0.980 bits per heavy atom. The molecule has 0 radical (unpaired) electrons. The fraction of sp³-hybridized carbons (Fsp3) is 0.600. The first-order chi connectivity index (χ1) is 25.2. The fourth-order valence-corrected chi connectivity index (χ4v) is 6.62. The Balaban J connectivity index is 1.21. The minimum Gasteiger partial charge on any atom is -0.379 e. The molecule has 0 bridgehead atoms. The van der Waals surface area contributed by atoms with Crippen molar-refractivity contribution in [3.05, 3.63) is 108 Å². The van der Waals surface area contributed by atoms with Crippen LogP contribution in [0, 0.1) is 5.92 Å². The third kappa shape index (κ3) is 16.3. The van der Waals surface area contributed by atoms with E-state index in [1.807, 2.05) is 78.9 Å². The first-order valence-electron chi connectivity index (χ1n) is 20.1. The molecule has 6 heteroatoms. The van der Waals surface area contributed by atoms with E-state index in [1.54, 1.807) is 0 Å². The highest BCUT2D eigenvalue weighted by Gasteiger charge is 2.52. The van der Waals surface area contributed by atoms with Crippen molar-refractivity contribution in [3.8, 4) is 0 Å². The molecule has 1 saturated heterocycles. The van der Waals surface area contributed by atoms with E-state index in [4.69, 9.17) is 28.4 Å². The molecule has 1 fully saturated rings. The van der Waals surface area contributed by atoms with Gasteiger partial charge in [-0.1, -0.05) is 188 Å². The van der Waals surface area contributed by atoms with Crippen LogP contribution in [0.4, 0.5) is 0 Å². The molecule has 3 unspecified atom stereocenters. The fourth-order valence-electron chi connectivity index (χ4n) is 6.62. The van der Waals surface area contributed by atoms with E-state index in [9.17, 15) is 0 Å². The lowest BCUT2D eigenvalue weighted by Gasteiger charge is -2.47. The van der Waals surface area contributed by atoms with Crippen LogP contribution >= 0.6 is 0 Å². The number of benzene rings is 3. The highest BCUT2D eigenvalue weighted by atomic mass is 16.9. The molecule has 0 saturated carbocycles. The normalized spacial score (nSPS) is 18.6. The summed E-state index contributed by atoms with van der Waals surface area (Å²) in [5.41, 5.74) is 3.14. The van der Waals surface area contributed by atoms with Crippen molar-refractivity contribution in [2.24, 2.45) is 5.92 Å². The van der Waals surface area contributed by atoms with Gasteiger partial charge in [-0.3, -0.25) is 4.74 Å². The summed E-state index contributed by atoms with van der Waals surface area (Å²) in [5.74, 6) is -1.41. The van der Waals surface area contributed by atoms with Crippen LogP contribution in [0.3, 0.4) is 0 Å². The van der Waals surface area contributed by atoms with Gasteiger partial charge in [0, 0.05) is 12.5 Å². The van der Waals surface area contributed by atoms with Gasteiger partial charge in [0.25, 0.3) is 0 Å². The summed E-state index contributed by atoms with van der Waals surface area (Å²) >= 11 is 0. The Labute approximate surface area is 309 Å². The van der Waals surface area contributed by atoms with Gasteiger partial charge >= 0.3 is 5.97 Å². The Bertz CT molecular complexity index is 1200. The summed E-state index contributed by atoms with van der Waals surface area (Å²) in [6.45, 7) is 7.20.